The van der Waals surface area contributed by atoms with Gasteiger partial charge in [-0.25, -0.2) is 0 Å². The number of nitrogens with zero attached hydrogens (tertiary/aromatic N) is 3. The molecule has 3 aliphatic carbocycles. The van der Waals surface area contributed by atoms with Gasteiger partial charge >= 0.3 is 0 Å². The third kappa shape index (κ3) is 5.87. The lowest BCUT2D eigenvalue weighted by atomic mass is 9.35. The van der Waals surface area contributed by atoms with Gasteiger partial charge < -0.3 is 19.1 Å². The molecule has 0 atom stereocenters. The van der Waals surface area contributed by atoms with Crippen molar-refractivity contribution in [2.75, 3.05) is 14.7 Å². The molecule has 4 heterocycles. The summed E-state index contributed by atoms with van der Waals surface area (Å²) in [5, 5.41) is 0. The number of allylic oxidation sites excluding steroid dienone is 1. The summed E-state index contributed by atoms with van der Waals surface area (Å²) in [5.74, 6) is 1.75. The lowest BCUT2D eigenvalue weighted by Crippen LogP contribution is -2.63. The van der Waals surface area contributed by atoms with Gasteiger partial charge in [-0.2, -0.15) is 0 Å². The summed E-state index contributed by atoms with van der Waals surface area (Å²) >= 11 is 0. The Hall–Kier alpha value is -5.42. The lowest BCUT2D eigenvalue weighted by molar-refractivity contribution is 0.199. The number of rotatable bonds is 5. The van der Waals surface area contributed by atoms with Crippen molar-refractivity contribution in [3.63, 3.8) is 0 Å². The van der Waals surface area contributed by atoms with E-state index in [1.165, 1.54) is 132 Å². The molecular formula is C59H64BN3O. The number of benzene rings is 5. The van der Waals surface area contributed by atoms with Crippen LogP contribution in [0.2, 0.25) is 0 Å². The number of furan rings is 1. The first-order valence-corrected chi connectivity index (χ1v) is 24.7. The maximum atomic E-state index is 7.54. The van der Waals surface area contributed by atoms with Crippen LogP contribution in [-0.4, -0.2) is 12.3 Å². The molecule has 1 spiro atoms. The Balaban J connectivity index is 1.22. The fraction of sp³-hybridized carbons (Fsp3) is 0.390. The second-order valence-electron chi connectivity index (χ2n) is 22.0. The molecule has 0 saturated heterocycles. The van der Waals surface area contributed by atoms with E-state index in [9.17, 15) is 0 Å². The molecule has 2 saturated carbocycles. The lowest BCUT2D eigenvalue weighted by Gasteiger charge is -2.51. The summed E-state index contributed by atoms with van der Waals surface area (Å²) in [7, 11) is 0. The predicted molar refractivity (Wildman–Crippen MR) is 271 cm³/mol. The van der Waals surface area contributed by atoms with Gasteiger partial charge in [-0.15, -0.1) is 0 Å². The van der Waals surface area contributed by atoms with Crippen LogP contribution in [0.25, 0.3) is 6.08 Å². The van der Waals surface area contributed by atoms with Crippen LogP contribution in [-0.2, 0) is 11.8 Å². The molecule has 64 heavy (non-hydrogen) atoms. The quantitative estimate of drug-likeness (QED) is 0.161. The second-order valence-corrected chi connectivity index (χ2v) is 22.0. The normalized spacial score (nSPS) is 19.2. The second kappa shape index (κ2) is 14.5. The summed E-state index contributed by atoms with van der Waals surface area (Å²) in [6, 6.07) is 40.0. The van der Waals surface area contributed by atoms with Crippen molar-refractivity contribution >= 4 is 74.9 Å². The average molecular weight is 842 g/mol. The standard InChI is InChI=1S/C59H64BN3O/c1-38-21-26-44(27-22-38)61(45-28-23-39(2)24-29-45)46-36-50-53-51(37-46)63-55-48(59(58(63,6)7)31-15-10-16-32-59)33-41(40-17-11-8-12-18-40)34-49(55)60(53)56-54(62(50)43-19-13-9-14-20-43)47-35-42(57(3,4)5)25-30-52(47)64-56/h9,13-14,19-24,26-29,33-37,40H,8,10-12,15-18,25,30-32H2,1-7H3. The number of hydrogen-bond donors (Lipinski definition) is 0. The molecule has 0 N–H and O–H groups in total. The van der Waals surface area contributed by atoms with Crippen molar-refractivity contribution in [3.8, 4) is 0 Å². The molecule has 12 rings (SSSR count). The largest absolute Gasteiger partial charge is 0.472 e. The highest BCUT2D eigenvalue weighted by Gasteiger charge is 2.61. The number of para-hydroxylation sites is 1. The molecule has 3 aliphatic heterocycles. The summed E-state index contributed by atoms with van der Waals surface area (Å²) in [6.45, 7) is 16.7. The Morgan fingerprint density at radius 2 is 1.33 bits per heavy atom. The van der Waals surface area contributed by atoms with Crippen LogP contribution in [0.5, 0.6) is 0 Å². The third-order valence-electron chi connectivity index (χ3n) is 16.9. The first-order valence-electron chi connectivity index (χ1n) is 24.7. The van der Waals surface area contributed by atoms with Crippen LogP contribution in [0.3, 0.4) is 0 Å². The fourth-order valence-electron chi connectivity index (χ4n) is 13.4. The van der Waals surface area contributed by atoms with Gasteiger partial charge in [0.05, 0.1) is 17.0 Å². The van der Waals surface area contributed by atoms with Crippen molar-refractivity contribution in [2.24, 2.45) is 5.41 Å². The van der Waals surface area contributed by atoms with Crippen molar-refractivity contribution in [2.45, 2.75) is 142 Å². The smallest absolute Gasteiger partial charge is 0.297 e. The van der Waals surface area contributed by atoms with E-state index in [1.54, 1.807) is 11.1 Å². The van der Waals surface area contributed by atoms with E-state index in [-0.39, 0.29) is 23.1 Å². The van der Waals surface area contributed by atoms with Crippen molar-refractivity contribution < 1.29 is 4.42 Å². The van der Waals surface area contributed by atoms with E-state index in [2.05, 4.69) is 172 Å². The summed E-state index contributed by atoms with van der Waals surface area (Å²) < 4.78 is 7.54. The minimum Gasteiger partial charge on any atom is -0.472 e. The SMILES string of the molecule is Cc1ccc(N(c2ccc(C)cc2)c2cc3c4c(c2)N2c5c(cc(C6CCCCC6)cc5C5(CCCCC5)C2(C)C)B4c2oc4c(c2N3c2ccccc2)C=C(C(C)(C)C)CC4)cc1. The number of hydrogen-bond acceptors (Lipinski definition) is 4. The first kappa shape index (κ1) is 40.1. The van der Waals surface area contributed by atoms with Gasteiger partial charge in [0.25, 0.3) is 6.71 Å². The molecule has 1 aromatic heterocycles. The summed E-state index contributed by atoms with van der Waals surface area (Å²) in [4.78, 5) is 7.99. The van der Waals surface area contributed by atoms with Crippen molar-refractivity contribution in [3.05, 3.63) is 142 Å². The van der Waals surface area contributed by atoms with Gasteiger partial charge in [0.15, 0.2) is 0 Å². The van der Waals surface area contributed by atoms with E-state index in [0.717, 1.165) is 35.6 Å². The molecule has 6 aromatic rings. The highest BCUT2D eigenvalue weighted by Crippen LogP contribution is 2.63. The first-order chi connectivity index (χ1) is 30.9. The van der Waals surface area contributed by atoms with Crippen LogP contribution < -0.4 is 31.3 Å². The van der Waals surface area contributed by atoms with Crippen LogP contribution in [0.4, 0.5) is 45.5 Å². The highest BCUT2D eigenvalue weighted by molar-refractivity contribution is 6.99. The zero-order chi connectivity index (χ0) is 43.7. The molecule has 2 fully saturated rings. The average Bonchev–Trinajstić information content (AvgIpc) is 3.76. The molecule has 0 unspecified atom stereocenters. The Morgan fingerprint density at radius 1 is 0.688 bits per heavy atom. The third-order valence-corrected chi connectivity index (χ3v) is 16.9. The van der Waals surface area contributed by atoms with Gasteiger partial charge in [-0.05, 0) is 148 Å². The zero-order valence-electron chi connectivity index (χ0n) is 39.3. The molecule has 6 aliphatic rings. The van der Waals surface area contributed by atoms with E-state index in [0.29, 0.717) is 5.92 Å². The number of fused-ring (bicyclic) bond motifs is 7. The van der Waals surface area contributed by atoms with Gasteiger partial charge in [0.1, 0.15) is 5.76 Å². The van der Waals surface area contributed by atoms with E-state index >= 15 is 0 Å². The molecular weight excluding hydrogens is 777 g/mol. The van der Waals surface area contributed by atoms with Crippen molar-refractivity contribution in [1.29, 1.82) is 0 Å². The van der Waals surface area contributed by atoms with Crippen LogP contribution in [0.15, 0.2) is 113 Å². The molecule has 5 aromatic carbocycles. The number of anilines is 8. The van der Waals surface area contributed by atoms with Gasteiger partial charge in [-0.1, -0.05) is 131 Å². The molecule has 4 nitrogen and oxygen atoms in total. The van der Waals surface area contributed by atoms with Crippen LogP contribution in [0, 0.1) is 19.3 Å². The zero-order valence-corrected chi connectivity index (χ0v) is 39.3. The molecule has 0 radical (unpaired) electrons. The Labute approximate surface area is 382 Å². The summed E-state index contributed by atoms with van der Waals surface area (Å²) in [6.07, 6.45) is 17.5. The van der Waals surface area contributed by atoms with E-state index in [4.69, 9.17) is 4.42 Å². The van der Waals surface area contributed by atoms with Crippen LogP contribution in [0.1, 0.15) is 145 Å². The predicted octanol–water partition coefficient (Wildman–Crippen LogP) is 14.5. The molecule has 0 bridgehead atoms. The summed E-state index contributed by atoms with van der Waals surface area (Å²) in [5.41, 5.74) is 22.4. The highest BCUT2D eigenvalue weighted by atomic mass is 16.3. The van der Waals surface area contributed by atoms with Gasteiger partial charge in [-0.3, -0.25) is 0 Å². The van der Waals surface area contributed by atoms with E-state index in [1.807, 2.05) is 0 Å². The maximum absolute atomic E-state index is 7.54. The van der Waals surface area contributed by atoms with Gasteiger partial charge in [0.2, 0.25) is 0 Å². The minimum absolute atomic E-state index is 0.0265. The molecule has 324 valence electrons. The Kier molecular flexibility index (Phi) is 9.12. The topological polar surface area (TPSA) is 22.9 Å². The monoisotopic (exact) mass is 842 g/mol. The minimum atomic E-state index is -0.157. The Bertz CT molecular complexity index is 2780. The van der Waals surface area contributed by atoms with E-state index < -0.39 is 0 Å². The molecule has 5 heteroatoms. The molecule has 0 amide bonds. The van der Waals surface area contributed by atoms with Crippen molar-refractivity contribution in [1.82, 2.24) is 0 Å². The van der Waals surface area contributed by atoms with Crippen LogP contribution >= 0.6 is 0 Å². The number of aryl methyl sites for hydroxylation is 3. The fourth-order valence-corrected chi connectivity index (χ4v) is 13.4. The maximum Gasteiger partial charge on any atom is 0.297 e. The Morgan fingerprint density at radius 3 is 1.98 bits per heavy atom. The van der Waals surface area contributed by atoms with Gasteiger partial charge in [0, 0.05) is 57.1 Å².